The van der Waals surface area contributed by atoms with Gasteiger partial charge in [-0.25, -0.2) is 4.39 Å². The van der Waals surface area contributed by atoms with Gasteiger partial charge in [-0.15, -0.1) is 0 Å². The SMILES string of the molecule is CNC1CCCC1c1ccc(Cl)cc1F. The number of likely N-dealkylation sites (N-methyl/N-ethyl adjacent to an activating group) is 1. The van der Waals surface area contributed by atoms with Gasteiger partial charge in [0.1, 0.15) is 5.82 Å². The highest BCUT2D eigenvalue weighted by Gasteiger charge is 2.29. The van der Waals surface area contributed by atoms with Crippen molar-refractivity contribution >= 4 is 11.6 Å². The molecular formula is C12H15ClFN. The average Bonchev–Trinajstić information content (AvgIpc) is 2.65. The number of hydrogen-bond donors (Lipinski definition) is 1. The monoisotopic (exact) mass is 227 g/mol. The summed E-state index contributed by atoms with van der Waals surface area (Å²) in [6.45, 7) is 0. The summed E-state index contributed by atoms with van der Waals surface area (Å²) in [5, 5.41) is 3.72. The minimum Gasteiger partial charge on any atom is -0.316 e. The third-order valence-electron chi connectivity index (χ3n) is 3.25. The molecule has 0 bridgehead atoms. The van der Waals surface area contributed by atoms with Crippen LogP contribution >= 0.6 is 11.6 Å². The Morgan fingerprint density at radius 3 is 2.87 bits per heavy atom. The van der Waals surface area contributed by atoms with Crippen LogP contribution in [0.25, 0.3) is 0 Å². The van der Waals surface area contributed by atoms with Gasteiger partial charge >= 0.3 is 0 Å². The van der Waals surface area contributed by atoms with Gasteiger partial charge in [0.15, 0.2) is 0 Å². The number of rotatable bonds is 2. The van der Waals surface area contributed by atoms with E-state index in [0.717, 1.165) is 24.8 Å². The van der Waals surface area contributed by atoms with E-state index in [1.807, 2.05) is 13.1 Å². The van der Waals surface area contributed by atoms with Gasteiger partial charge in [0.25, 0.3) is 0 Å². The molecule has 0 heterocycles. The van der Waals surface area contributed by atoms with Gasteiger partial charge in [-0.05, 0) is 37.6 Å². The molecule has 0 spiro atoms. The molecule has 1 fully saturated rings. The minimum absolute atomic E-state index is 0.172. The molecule has 3 heteroatoms. The Balaban J connectivity index is 2.28. The molecule has 1 aromatic rings. The molecule has 1 saturated carbocycles. The summed E-state index contributed by atoms with van der Waals surface area (Å²) in [6, 6.07) is 5.39. The summed E-state index contributed by atoms with van der Waals surface area (Å²) < 4.78 is 13.7. The van der Waals surface area contributed by atoms with Crippen LogP contribution in [0.4, 0.5) is 4.39 Å². The summed E-state index contributed by atoms with van der Waals surface area (Å²) in [4.78, 5) is 0. The van der Waals surface area contributed by atoms with Crippen LogP contribution in [-0.4, -0.2) is 13.1 Å². The molecule has 15 heavy (non-hydrogen) atoms. The first kappa shape index (κ1) is 10.9. The second-order valence-corrected chi connectivity index (χ2v) is 4.53. The van der Waals surface area contributed by atoms with Crippen LogP contribution < -0.4 is 5.32 Å². The third kappa shape index (κ3) is 2.16. The molecule has 2 unspecified atom stereocenters. The van der Waals surface area contributed by atoms with Crippen molar-refractivity contribution in [3.63, 3.8) is 0 Å². The highest BCUT2D eigenvalue weighted by molar-refractivity contribution is 6.30. The second kappa shape index (κ2) is 4.50. The van der Waals surface area contributed by atoms with E-state index in [1.165, 1.54) is 6.07 Å². The number of hydrogen-bond acceptors (Lipinski definition) is 1. The van der Waals surface area contributed by atoms with E-state index in [0.29, 0.717) is 17.0 Å². The Bertz CT molecular complexity index is 353. The average molecular weight is 228 g/mol. The van der Waals surface area contributed by atoms with Gasteiger partial charge in [0.05, 0.1) is 0 Å². The number of nitrogens with one attached hydrogen (secondary N) is 1. The van der Waals surface area contributed by atoms with Gasteiger partial charge < -0.3 is 5.32 Å². The first-order valence-electron chi connectivity index (χ1n) is 5.34. The molecule has 82 valence electrons. The van der Waals surface area contributed by atoms with Crippen molar-refractivity contribution in [2.24, 2.45) is 0 Å². The van der Waals surface area contributed by atoms with Crippen molar-refractivity contribution in [3.05, 3.63) is 34.6 Å². The topological polar surface area (TPSA) is 12.0 Å². The van der Waals surface area contributed by atoms with E-state index in [1.54, 1.807) is 6.07 Å². The lowest BCUT2D eigenvalue weighted by Crippen LogP contribution is -2.27. The Kier molecular flexibility index (Phi) is 3.27. The van der Waals surface area contributed by atoms with Gasteiger partial charge in [-0.3, -0.25) is 0 Å². The number of halogens is 2. The van der Waals surface area contributed by atoms with Crippen molar-refractivity contribution in [1.82, 2.24) is 5.32 Å². The Morgan fingerprint density at radius 1 is 1.40 bits per heavy atom. The predicted octanol–water partition coefficient (Wildman–Crippen LogP) is 3.33. The summed E-state index contributed by atoms with van der Waals surface area (Å²) in [6.07, 6.45) is 3.35. The maximum Gasteiger partial charge on any atom is 0.128 e. The lowest BCUT2D eigenvalue weighted by atomic mass is 9.94. The van der Waals surface area contributed by atoms with Crippen LogP contribution in [0.15, 0.2) is 18.2 Å². The molecule has 0 aromatic heterocycles. The largest absolute Gasteiger partial charge is 0.316 e. The molecule has 1 N–H and O–H groups in total. The summed E-state index contributed by atoms with van der Waals surface area (Å²) in [5.74, 6) is 0.127. The van der Waals surface area contributed by atoms with E-state index in [4.69, 9.17) is 11.6 Å². The fraction of sp³-hybridized carbons (Fsp3) is 0.500. The van der Waals surface area contributed by atoms with Crippen LogP contribution in [0.5, 0.6) is 0 Å². The second-order valence-electron chi connectivity index (χ2n) is 4.10. The van der Waals surface area contributed by atoms with Crippen LogP contribution in [0.2, 0.25) is 5.02 Å². The zero-order valence-corrected chi connectivity index (χ0v) is 9.52. The van der Waals surface area contributed by atoms with Gasteiger partial charge in [0, 0.05) is 17.0 Å². The smallest absolute Gasteiger partial charge is 0.128 e. The lowest BCUT2D eigenvalue weighted by molar-refractivity contribution is 0.497. The van der Waals surface area contributed by atoms with Crippen molar-refractivity contribution in [3.8, 4) is 0 Å². The van der Waals surface area contributed by atoms with E-state index in [2.05, 4.69) is 5.32 Å². The van der Waals surface area contributed by atoms with Gasteiger partial charge in [-0.2, -0.15) is 0 Å². The molecule has 2 rings (SSSR count). The van der Waals surface area contributed by atoms with Crippen LogP contribution in [0, 0.1) is 5.82 Å². The Labute approximate surface area is 94.6 Å². The van der Waals surface area contributed by atoms with Crippen LogP contribution in [0.1, 0.15) is 30.7 Å². The fourth-order valence-corrected chi connectivity index (χ4v) is 2.64. The summed E-state index contributed by atoms with van der Waals surface area (Å²) in [7, 11) is 1.94. The molecular weight excluding hydrogens is 213 g/mol. The third-order valence-corrected chi connectivity index (χ3v) is 3.48. The molecule has 2 atom stereocenters. The molecule has 1 aliphatic rings. The van der Waals surface area contributed by atoms with Gasteiger partial charge in [-0.1, -0.05) is 24.1 Å². The van der Waals surface area contributed by atoms with E-state index in [9.17, 15) is 4.39 Å². The standard InChI is InChI=1S/C12H15ClFN/c1-15-12-4-2-3-10(12)9-6-5-8(13)7-11(9)14/h5-7,10,12,15H,2-4H2,1H3. The molecule has 0 saturated heterocycles. The van der Waals surface area contributed by atoms with Crippen molar-refractivity contribution in [1.29, 1.82) is 0 Å². The molecule has 0 amide bonds. The van der Waals surface area contributed by atoms with Crippen molar-refractivity contribution in [2.45, 2.75) is 31.2 Å². The highest BCUT2D eigenvalue weighted by Crippen LogP contribution is 2.36. The van der Waals surface area contributed by atoms with Crippen molar-refractivity contribution in [2.75, 3.05) is 7.05 Å². The van der Waals surface area contributed by atoms with Gasteiger partial charge in [0.2, 0.25) is 0 Å². The highest BCUT2D eigenvalue weighted by atomic mass is 35.5. The zero-order chi connectivity index (χ0) is 10.8. The van der Waals surface area contributed by atoms with E-state index < -0.39 is 0 Å². The Hall–Kier alpha value is -0.600. The summed E-state index contributed by atoms with van der Waals surface area (Å²) >= 11 is 5.74. The maximum absolute atomic E-state index is 13.7. The minimum atomic E-state index is -0.172. The van der Waals surface area contributed by atoms with E-state index in [-0.39, 0.29) is 5.82 Å². The maximum atomic E-state index is 13.7. The lowest BCUT2D eigenvalue weighted by Gasteiger charge is -2.19. The molecule has 1 aliphatic carbocycles. The fourth-order valence-electron chi connectivity index (χ4n) is 2.48. The first-order chi connectivity index (χ1) is 7.22. The first-order valence-corrected chi connectivity index (χ1v) is 5.72. The Morgan fingerprint density at radius 2 is 2.20 bits per heavy atom. The van der Waals surface area contributed by atoms with Crippen molar-refractivity contribution < 1.29 is 4.39 Å². The molecule has 0 radical (unpaired) electrons. The predicted molar refractivity (Wildman–Crippen MR) is 60.8 cm³/mol. The molecule has 0 aliphatic heterocycles. The van der Waals surface area contributed by atoms with E-state index >= 15 is 0 Å². The molecule has 1 aromatic carbocycles. The summed E-state index contributed by atoms with van der Waals surface area (Å²) in [5.41, 5.74) is 0.802. The zero-order valence-electron chi connectivity index (χ0n) is 8.76. The van der Waals surface area contributed by atoms with Crippen LogP contribution in [0.3, 0.4) is 0 Å². The van der Waals surface area contributed by atoms with Crippen LogP contribution in [-0.2, 0) is 0 Å². The molecule has 1 nitrogen and oxygen atoms in total. The normalized spacial score (nSPS) is 25.8. The quantitative estimate of drug-likeness (QED) is 0.817. The number of benzene rings is 1.